The molecule has 0 aromatic heterocycles. The second-order valence-corrected chi connectivity index (χ2v) is 8.74. The van der Waals surface area contributed by atoms with Crippen molar-refractivity contribution in [3.05, 3.63) is 23.8 Å². The molecule has 0 N–H and O–H groups in total. The summed E-state index contributed by atoms with van der Waals surface area (Å²) in [6.45, 7) is 10.9. The monoisotopic (exact) mass is 318 g/mol. The van der Waals surface area contributed by atoms with Crippen molar-refractivity contribution < 1.29 is 13.2 Å². The van der Waals surface area contributed by atoms with Gasteiger partial charge in [-0.15, -0.1) is 0 Å². The zero-order valence-electron chi connectivity index (χ0n) is 12.7. The number of hydrogen-bond donors (Lipinski definition) is 0. The van der Waals surface area contributed by atoms with E-state index in [9.17, 15) is 8.42 Å². The molecule has 1 atom stereocenters. The second-order valence-electron chi connectivity index (χ2n) is 6.17. The van der Waals surface area contributed by atoms with Crippen LogP contribution >= 0.6 is 10.7 Å². The van der Waals surface area contributed by atoms with Gasteiger partial charge in [0.1, 0.15) is 5.75 Å². The van der Waals surface area contributed by atoms with Crippen LogP contribution in [0.4, 0.5) is 0 Å². The lowest BCUT2D eigenvalue weighted by Gasteiger charge is -2.24. The molecule has 0 spiro atoms. The van der Waals surface area contributed by atoms with Gasteiger partial charge in [0.15, 0.2) is 0 Å². The molecule has 0 radical (unpaired) electrons. The summed E-state index contributed by atoms with van der Waals surface area (Å²) in [6, 6.07) is 4.79. The Morgan fingerprint density at radius 2 is 1.90 bits per heavy atom. The van der Waals surface area contributed by atoms with Crippen LogP contribution in [-0.2, 0) is 14.5 Å². The van der Waals surface area contributed by atoms with E-state index in [1.807, 2.05) is 20.8 Å². The molecule has 1 rings (SSSR count). The minimum atomic E-state index is -3.72. The lowest BCUT2D eigenvalue weighted by atomic mass is 9.86. The van der Waals surface area contributed by atoms with Crippen LogP contribution in [0.15, 0.2) is 23.1 Å². The Morgan fingerprint density at radius 3 is 2.35 bits per heavy atom. The Hall–Kier alpha value is -0.740. The molecule has 0 aliphatic rings. The van der Waals surface area contributed by atoms with Gasteiger partial charge in [0.2, 0.25) is 0 Å². The maximum atomic E-state index is 11.5. The fourth-order valence-electron chi connectivity index (χ4n) is 1.72. The summed E-state index contributed by atoms with van der Waals surface area (Å²) in [5.74, 6) is 1.18. The summed E-state index contributed by atoms with van der Waals surface area (Å²) in [4.78, 5) is 0.111. The van der Waals surface area contributed by atoms with Gasteiger partial charge < -0.3 is 4.74 Å². The Labute approximate surface area is 126 Å². The van der Waals surface area contributed by atoms with E-state index in [-0.39, 0.29) is 10.3 Å². The predicted octanol–water partition coefficient (Wildman–Crippen LogP) is 4.34. The highest BCUT2D eigenvalue weighted by Gasteiger charge is 2.22. The van der Waals surface area contributed by atoms with Crippen molar-refractivity contribution >= 4 is 19.7 Å². The Balaban J connectivity index is 3.18. The van der Waals surface area contributed by atoms with Gasteiger partial charge in [0, 0.05) is 16.2 Å². The van der Waals surface area contributed by atoms with Crippen LogP contribution in [0.2, 0.25) is 0 Å². The van der Waals surface area contributed by atoms with Crippen LogP contribution in [0.1, 0.15) is 46.6 Å². The normalized spacial score (nSPS) is 14.1. The first-order valence-corrected chi connectivity index (χ1v) is 9.08. The molecule has 0 fully saturated rings. The maximum absolute atomic E-state index is 11.5. The Morgan fingerprint density at radius 1 is 1.30 bits per heavy atom. The number of halogens is 1. The van der Waals surface area contributed by atoms with Gasteiger partial charge in [-0.3, -0.25) is 0 Å². The van der Waals surface area contributed by atoms with Gasteiger partial charge in [-0.2, -0.15) is 0 Å². The third kappa shape index (κ3) is 4.67. The van der Waals surface area contributed by atoms with Gasteiger partial charge in [-0.05, 0) is 29.5 Å². The van der Waals surface area contributed by atoms with Crippen LogP contribution < -0.4 is 4.74 Å². The molecule has 0 saturated carbocycles. The summed E-state index contributed by atoms with van der Waals surface area (Å²) < 4.78 is 28.8. The standard InChI is InChI=1S/C15H23ClO3S/c1-6-11(2)10-19-14-8-7-12(20(16,17)18)9-13(14)15(3,4)5/h7-9,11H,6,10H2,1-5H3. The molecule has 0 amide bonds. The number of hydrogen-bond acceptors (Lipinski definition) is 3. The smallest absolute Gasteiger partial charge is 0.261 e. The second kappa shape index (κ2) is 6.35. The molecular weight excluding hydrogens is 296 g/mol. The summed E-state index contributed by atoms with van der Waals surface area (Å²) in [6.07, 6.45) is 1.04. The highest BCUT2D eigenvalue weighted by molar-refractivity contribution is 8.13. The highest BCUT2D eigenvalue weighted by atomic mass is 35.7. The Bertz CT molecular complexity index is 559. The van der Waals surface area contributed by atoms with E-state index in [2.05, 4.69) is 13.8 Å². The molecule has 114 valence electrons. The van der Waals surface area contributed by atoms with Gasteiger partial charge in [-0.1, -0.05) is 41.0 Å². The lowest BCUT2D eigenvalue weighted by Crippen LogP contribution is -2.16. The molecule has 1 aromatic carbocycles. The Kier molecular flexibility index (Phi) is 5.50. The summed E-state index contributed by atoms with van der Waals surface area (Å²) in [5.41, 5.74) is 0.630. The molecule has 3 nitrogen and oxygen atoms in total. The first-order valence-electron chi connectivity index (χ1n) is 6.77. The highest BCUT2D eigenvalue weighted by Crippen LogP contribution is 2.34. The summed E-state index contributed by atoms with van der Waals surface area (Å²) in [5, 5.41) is 0. The maximum Gasteiger partial charge on any atom is 0.261 e. The molecule has 0 bridgehead atoms. The molecular formula is C15H23ClO3S. The molecule has 0 saturated heterocycles. The van der Waals surface area contributed by atoms with Gasteiger partial charge in [-0.25, -0.2) is 8.42 Å². The van der Waals surface area contributed by atoms with Crippen molar-refractivity contribution in [3.63, 3.8) is 0 Å². The van der Waals surface area contributed by atoms with E-state index in [4.69, 9.17) is 15.4 Å². The number of benzene rings is 1. The average Bonchev–Trinajstić information content (AvgIpc) is 2.33. The third-order valence-corrected chi connectivity index (χ3v) is 4.61. The van der Waals surface area contributed by atoms with Crippen molar-refractivity contribution in [3.8, 4) is 5.75 Å². The number of ether oxygens (including phenoxy) is 1. The lowest BCUT2D eigenvalue weighted by molar-refractivity contribution is 0.251. The summed E-state index contributed by atoms with van der Waals surface area (Å²) in [7, 11) is 1.69. The SMILES string of the molecule is CCC(C)COc1ccc(S(=O)(=O)Cl)cc1C(C)(C)C. The first-order chi connectivity index (χ1) is 9.05. The van der Waals surface area contributed by atoms with E-state index >= 15 is 0 Å². The molecule has 0 aliphatic carbocycles. The van der Waals surface area contributed by atoms with Gasteiger partial charge >= 0.3 is 0 Å². The summed E-state index contributed by atoms with van der Waals surface area (Å²) >= 11 is 0. The zero-order valence-corrected chi connectivity index (χ0v) is 14.3. The van der Waals surface area contributed by atoms with E-state index in [0.29, 0.717) is 12.5 Å². The largest absolute Gasteiger partial charge is 0.493 e. The molecule has 1 aromatic rings. The minimum Gasteiger partial charge on any atom is -0.493 e. The van der Waals surface area contributed by atoms with Crippen molar-refractivity contribution in [2.45, 2.75) is 51.3 Å². The first kappa shape index (κ1) is 17.3. The van der Waals surface area contributed by atoms with Crippen LogP contribution in [0, 0.1) is 5.92 Å². The molecule has 1 unspecified atom stereocenters. The molecule has 0 aliphatic heterocycles. The van der Waals surface area contributed by atoms with Crippen molar-refractivity contribution in [2.75, 3.05) is 6.61 Å². The quantitative estimate of drug-likeness (QED) is 0.759. The van der Waals surface area contributed by atoms with Crippen LogP contribution in [0.25, 0.3) is 0 Å². The van der Waals surface area contributed by atoms with Gasteiger partial charge in [0.25, 0.3) is 9.05 Å². The van der Waals surface area contributed by atoms with Crippen LogP contribution in [-0.4, -0.2) is 15.0 Å². The minimum absolute atomic E-state index is 0.111. The van der Waals surface area contributed by atoms with Crippen LogP contribution in [0.3, 0.4) is 0 Å². The molecule has 20 heavy (non-hydrogen) atoms. The van der Waals surface area contributed by atoms with E-state index in [0.717, 1.165) is 17.7 Å². The molecule has 5 heteroatoms. The van der Waals surface area contributed by atoms with Crippen molar-refractivity contribution in [1.82, 2.24) is 0 Å². The topological polar surface area (TPSA) is 43.4 Å². The van der Waals surface area contributed by atoms with E-state index in [1.54, 1.807) is 12.1 Å². The van der Waals surface area contributed by atoms with E-state index in [1.165, 1.54) is 6.07 Å². The fraction of sp³-hybridized carbons (Fsp3) is 0.600. The van der Waals surface area contributed by atoms with Crippen molar-refractivity contribution in [2.24, 2.45) is 5.92 Å². The fourth-order valence-corrected chi connectivity index (χ4v) is 2.50. The molecule has 0 heterocycles. The average molecular weight is 319 g/mol. The zero-order chi connectivity index (χ0) is 15.6. The number of rotatable bonds is 5. The van der Waals surface area contributed by atoms with Crippen LogP contribution in [0.5, 0.6) is 5.75 Å². The van der Waals surface area contributed by atoms with Gasteiger partial charge in [0.05, 0.1) is 11.5 Å². The predicted molar refractivity (Wildman–Crippen MR) is 83.1 cm³/mol. The third-order valence-electron chi connectivity index (χ3n) is 3.26. The van der Waals surface area contributed by atoms with E-state index < -0.39 is 9.05 Å². The van der Waals surface area contributed by atoms with Crippen molar-refractivity contribution in [1.29, 1.82) is 0 Å².